The van der Waals surface area contributed by atoms with Gasteiger partial charge in [-0.05, 0) is 24.6 Å². The minimum absolute atomic E-state index is 0.0484. The summed E-state index contributed by atoms with van der Waals surface area (Å²) in [5, 5.41) is 8.83. The number of guanidine groups is 2. The number of nitriles is 1. The van der Waals surface area contributed by atoms with Gasteiger partial charge in [0.25, 0.3) is 0 Å². The lowest BCUT2D eigenvalue weighted by Crippen LogP contribution is -2.26. The Labute approximate surface area is 93.1 Å². The van der Waals surface area contributed by atoms with E-state index in [4.69, 9.17) is 22.5 Å². The normalized spacial score (nSPS) is 10.6. The number of aliphatic imine (C=N–C) groups is 2. The third kappa shape index (κ3) is 2.99. The van der Waals surface area contributed by atoms with Crippen LogP contribution < -0.4 is 17.2 Å². The van der Waals surface area contributed by atoms with Crippen molar-refractivity contribution in [2.24, 2.45) is 27.2 Å². The fourth-order valence-corrected chi connectivity index (χ4v) is 1.09. The Morgan fingerprint density at radius 1 is 1.31 bits per heavy atom. The van der Waals surface area contributed by atoms with Crippen LogP contribution in [0.3, 0.4) is 0 Å². The summed E-state index contributed by atoms with van der Waals surface area (Å²) in [5.74, 6) is -0.207. The van der Waals surface area contributed by atoms with Gasteiger partial charge in [0.15, 0.2) is 5.96 Å². The van der Waals surface area contributed by atoms with E-state index in [1.54, 1.807) is 18.2 Å². The average Bonchev–Trinajstić information content (AvgIpc) is 2.19. The molecule has 0 saturated carbocycles. The van der Waals surface area contributed by atoms with Crippen molar-refractivity contribution in [3.63, 3.8) is 0 Å². The van der Waals surface area contributed by atoms with Gasteiger partial charge in [0, 0.05) is 0 Å². The van der Waals surface area contributed by atoms with Crippen LogP contribution >= 0.6 is 0 Å². The Kier molecular flexibility index (Phi) is 3.45. The summed E-state index contributed by atoms with van der Waals surface area (Å²) in [7, 11) is 0. The molecule has 1 aromatic rings. The van der Waals surface area contributed by atoms with Crippen molar-refractivity contribution >= 4 is 17.6 Å². The first kappa shape index (κ1) is 11.5. The number of hydrogen-bond donors (Lipinski definition) is 3. The van der Waals surface area contributed by atoms with Gasteiger partial charge in [-0.3, -0.25) is 0 Å². The Bertz CT molecular complexity index is 491. The summed E-state index contributed by atoms with van der Waals surface area (Å²) in [6.07, 6.45) is 0. The number of nitrogens with two attached hydrogens (primary N) is 3. The molecule has 0 aliphatic heterocycles. The first-order chi connectivity index (χ1) is 7.52. The van der Waals surface area contributed by atoms with Gasteiger partial charge in [0.05, 0.1) is 17.3 Å². The van der Waals surface area contributed by atoms with Gasteiger partial charge < -0.3 is 17.2 Å². The molecule has 6 N–H and O–H groups in total. The maximum Gasteiger partial charge on any atom is 0.223 e. The molecule has 0 radical (unpaired) electrons. The Morgan fingerprint density at radius 2 is 2.00 bits per heavy atom. The SMILES string of the molecule is Cc1ccc(N=C(N)N=C(N)N)cc1C#N. The first-order valence-electron chi connectivity index (χ1n) is 4.47. The zero-order valence-electron chi connectivity index (χ0n) is 8.81. The third-order valence-corrected chi connectivity index (χ3v) is 1.83. The van der Waals surface area contributed by atoms with Gasteiger partial charge in [-0.25, -0.2) is 4.99 Å². The molecule has 0 amide bonds. The van der Waals surface area contributed by atoms with Gasteiger partial charge in [0.2, 0.25) is 5.96 Å². The van der Waals surface area contributed by atoms with E-state index in [1.807, 2.05) is 6.92 Å². The van der Waals surface area contributed by atoms with E-state index in [0.29, 0.717) is 11.3 Å². The van der Waals surface area contributed by atoms with E-state index in [1.165, 1.54) is 0 Å². The fourth-order valence-electron chi connectivity index (χ4n) is 1.09. The molecule has 1 aromatic carbocycles. The highest BCUT2D eigenvalue weighted by molar-refractivity contribution is 5.93. The van der Waals surface area contributed by atoms with Gasteiger partial charge in [-0.15, -0.1) is 0 Å². The standard InChI is InChI=1S/C10H12N6/c1-6-2-3-8(4-7(6)5-11)15-10(14)16-9(12)13/h2-4H,1H3,(H6,12,13,14,15,16). The summed E-state index contributed by atoms with van der Waals surface area (Å²) in [5.41, 5.74) is 17.7. The second-order valence-corrected chi connectivity index (χ2v) is 3.12. The van der Waals surface area contributed by atoms with Crippen LogP contribution in [0, 0.1) is 18.3 Å². The lowest BCUT2D eigenvalue weighted by molar-refractivity contribution is 1.34. The highest BCUT2D eigenvalue weighted by Gasteiger charge is 1.99. The number of hydrogen-bond acceptors (Lipinski definition) is 2. The molecular formula is C10H12N6. The molecule has 0 heterocycles. The van der Waals surface area contributed by atoms with Crippen LogP contribution in [-0.4, -0.2) is 11.9 Å². The summed E-state index contributed by atoms with van der Waals surface area (Å²) >= 11 is 0. The van der Waals surface area contributed by atoms with E-state index < -0.39 is 0 Å². The first-order valence-corrected chi connectivity index (χ1v) is 4.47. The van der Waals surface area contributed by atoms with E-state index >= 15 is 0 Å². The van der Waals surface area contributed by atoms with Crippen LogP contribution in [-0.2, 0) is 0 Å². The molecule has 0 unspecified atom stereocenters. The molecule has 82 valence electrons. The molecule has 0 bridgehead atoms. The molecule has 0 saturated heterocycles. The van der Waals surface area contributed by atoms with Crippen molar-refractivity contribution in [1.29, 1.82) is 5.26 Å². The van der Waals surface area contributed by atoms with Crippen LogP contribution in [0.4, 0.5) is 5.69 Å². The average molecular weight is 216 g/mol. The van der Waals surface area contributed by atoms with E-state index in [0.717, 1.165) is 5.56 Å². The van der Waals surface area contributed by atoms with Crippen LogP contribution in [0.2, 0.25) is 0 Å². The molecule has 0 fully saturated rings. The van der Waals surface area contributed by atoms with Crippen molar-refractivity contribution < 1.29 is 0 Å². The molecule has 6 heteroatoms. The van der Waals surface area contributed by atoms with Crippen molar-refractivity contribution in [3.8, 4) is 6.07 Å². The lowest BCUT2D eigenvalue weighted by Gasteiger charge is -1.99. The monoisotopic (exact) mass is 216 g/mol. The van der Waals surface area contributed by atoms with Crippen LogP contribution in [0.25, 0.3) is 0 Å². The fraction of sp³-hybridized carbons (Fsp3) is 0.100. The number of benzene rings is 1. The Morgan fingerprint density at radius 3 is 2.56 bits per heavy atom. The number of rotatable bonds is 1. The molecule has 0 spiro atoms. The van der Waals surface area contributed by atoms with Gasteiger partial charge >= 0.3 is 0 Å². The zero-order chi connectivity index (χ0) is 12.1. The summed E-state index contributed by atoms with van der Waals surface area (Å²) in [6.45, 7) is 1.84. The molecule has 6 nitrogen and oxygen atoms in total. The maximum absolute atomic E-state index is 8.83. The highest BCUT2D eigenvalue weighted by atomic mass is 15.1. The smallest absolute Gasteiger partial charge is 0.223 e. The quantitative estimate of drug-likeness (QED) is 0.454. The Hall–Kier alpha value is -2.55. The van der Waals surface area contributed by atoms with Crippen molar-refractivity contribution in [3.05, 3.63) is 29.3 Å². The van der Waals surface area contributed by atoms with E-state index in [-0.39, 0.29) is 11.9 Å². The molecule has 1 rings (SSSR count). The molecule has 0 aliphatic rings. The summed E-state index contributed by atoms with van der Waals surface area (Å²) < 4.78 is 0. The third-order valence-electron chi connectivity index (χ3n) is 1.83. The molecule has 0 aromatic heterocycles. The lowest BCUT2D eigenvalue weighted by atomic mass is 10.1. The van der Waals surface area contributed by atoms with Crippen LogP contribution in [0.15, 0.2) is 28.2 Å². The second-order valence-electron chi connectivity index (χ2n) is 3.12. The Balaban J connectivity index is 3.08. The predicted octanol–water partition coefficient (Wildman–Crippen LogP) is 0.0863. The second kappa shape index (κ2) is 4.79. The van der Waals surface area contributed by atoms with Crippen molar-refractivity contribution in [1.82, 2.24) is 0 Å². The van der Waals surface area contributed by atoms with Crippen molar-refractivity contribution in [2.75, 3.05) is 0 Å². The maximum atomic E-state index is 8.83. The topological polar surface area (TPSA) is 127 Å². The minimum Gasteiger partial charge on any atom is -0.370 e. The summed E-state index contributed by atoms with van der Waals surface area (Å²) in [6, 6.07) is 7.18. The number of aryl methyl sites for hydroxylation is 1. The highest BCUT2D eigenvalue weighted by Crippen LogP contribution is 2.17. The van der Waals surface area contributed by atoms with Gasteiger partial charge in [0.1, 0.15) is 0 Å². The number of nitrogens with zero attached hydrogens (tertiary/aromatic N) is 3. The largest absolute Gasteiger partial charge is 0.370 e. The van der Waals surface area contributed by atoms with Gasteiger partial charge in [-0.1, -0.05) is 6.07 Å². The van der Waals surface area contributed by atoms with Gasteiger partial charge in [-0.2, -0.15) is 10.3 Å². The minimum atomic E-state index is -0.158. The van der Waals surface area contributed by atoms with Crippen LogP contribution in [0.5, 0.6) is 0 Å². The van der Waals surface area contributed by atoms with Crippen molar-refractivity contribution in [2.45, 2.75) is 6.92 Å². The van der Waals surface area contributed by atoms with Crippen LogP contribution in [0.1, 0.15) is 11.1 Å². The van der Waals surface area contributed by atoms with E-state index in [9.17, 15) is 0 Å². The molecule has 0 aliphatic carbocycles. The zero-order valence-corrected chi connectivity index (χ0v) is 8.81. The summed E-state index contributed by atoms with van der Waals surface area (Å²) in [4.78, 5) is 7.51. The molecular weight excluding hydrogens is 204 g/mol. The molecule has 16 heavy (non-hydrogen) atoms. The predicted molar refractivity (Wildman–Crippen MR) is 63.0 cm³/mol. The van der Waals surface area contributed by atoms with E-state index in [2.05, 4.69) is 16.1 Å². The molecule has 0 atom stereocenters.